The van der Waals surface area contributed by atoms with Gasteiger partial charge in [-0.2, -0.15) is 10.1 Å². The summed E-state index contributed by atoms with van der Waals surface area (Å²) in [4.78, 5) is 38.5. The Kier molecular flexibility index (Phi) is 9.46. The molecule has 0 aromatic heterocycles. The normalized spacial score (nSPS) is 25.7. The van der Waals surface area contributed by atoms with Crippen molar-refractivity contribution in [2.24, 2.45) is 11.8 Å². The standard InChI is InChI=1S/C27H50N2O6/c1-12-13-14-34-22(30)21(19-15-24(2,3)28(32-10)25(4,5)16-19)23(31)35-20-17-26(6,7)29(33-11)27(8,9)18-20/h19-21H,12-18H2,1-11H3. The highest BCUT2D eigenvalue weighted by Gasteiger charge is 2.53. The van der Waals surface area contributed by atoms with Gasteiger partial charge in [-0.25, -0.2) is 0 Å². The summed E-state index contributed by atoms with van der Waals surface area (Å²) >= 11 is 0. The Hall–Kier alpha value is -1.22. The van der Waals surface area contributed by atoms with Crippen molar-refractivity contribution >= 4 is 11.9 Å². The number of esters is 2. The van der Waals surface area contributed by atoms with Crippen LogP contribution in [0.1, 0.15) is 101 Å². The van der Waals surface area contributed by atoms with Crippen molar-refractivity contribution in [3.8, 4) is 0 Å². The first-order valence-electron chi connectivity index (χ1n) is 13.1. The van der Waals surface area contributed by atoms with Crippen LogP contribution in [0, 0.1) is 11.8 Å². The molecule has 0 bridgehead atoms. The van der Waals surface area contributed by atoms with Gasteiger partial charge in [0.2, 0.25) is 0 Å². The smallest absolute Gasteiger partial charge is 0.320 e. The molecule has 2 aliphatic heterocycles. The Bertz CT molecular complexity index is 712. The molecule has 1 atom stereocenters. The van der Waals surface area contributed by atoms with E-state index in [0.29, 0.717) is 32.3 Å². The number of nitrogens with zero attached hydrogens (tertiary/aromatic N) is 2. The van der Waals surface area contributed by atoms with Gasteiger partial charge >= 0.3 is 11.9 Å². The maximum atomic E-state index is 13.7. The Morgan fingerprint density at radius 3 is 1.60 bits per heavy atom. The van der Waals surface area contributed by atoms with Crippen LogP contribution in [0.2, 0.25) is 0 Å². The van der Waals surface area contributed by atoms with Gasteiger partial charge in [0.15, 0.2) is 5.92 Å². The lowest BCUT2D eigenvalue weighted by Crippen LogP contribution is -2.62. The van der Waals surface area contributed by atoms with E-state index in [2.05, 4.69) is 55.4 Å². The molecule has 0 saturated carbocycles. The fourth-order valence-electron chi connectivity index (χ4n) is 6.95. The van der Waals surface area contributed by atoms with Crippen LogP contribution < -0.4 is 0 Å². The van der Waals surface area contributed by atoms with E-state index < -0.39 is 17.9 Å². The van der Waals surface area contributed by atoms with Gasteiger partial charge in [0.1, 0.15) is 6.10 Å². The highest BCUT2D eigenvalue weighted by atomic mass is 16.7. The maximum absolute atomic E-state index is 13.7. The predicted octanol–water partition coefficient (Wildman–Crippen LogP) is 4.90. The third kappa shape index (κ3) is 6.76. The Labute approximate surface area is 212 Å². The van der Waals surface area contributed by atoms with E-state index in [1.165, 1.54) is 0 Å². The molecule has 0 radical (unpaired) electrons. The Morgan fingerprint density at radius 2 is 1.20 bits per heavy atom. The molecule has 2 fully saturated rings. The number of ether oxygens (including phenoxy) is 2. The third-order valence-electron chi connectivity index (χ3n) is 7.55. The molecular formula is C27H50N2O6. The van der Waals surface area contributed by atoms with Gasteiger partial charge in [0, 0.05) is 35.0 Å². The number of hydrogen-bond donors (Lipinski definition) is 0. The van der Waals surface area contributed by atoms with Crippen molar-refractivity contribution in [1.29, 1.82) is 0 Å². The minimum atomic E-state index is -0.962. The lowest BCUT2D eigenvalue weighted by Gasteiger charge is -2.54. The topological polar surface area (TPSA) is 77.5 Å². The zero-order valence-corrected chi connectivity index (χ0v) is 24.0. The molecule has 35 heavy (non-hydrogen) atoms. The van der Waals surface area contributed by atoms with Crippen LogP contribution in [-0.2, 0) is 28.7 Å². The number of rotatable bonds is 9. The summed E-state index contributed by atoms with van der Waals surface area (Å²) in [6.07, 6.45) is 3.84. The molecule has 0 amide bonds. The van der Waals surface area contributed by atoms with Crippen molar-refractivity contribution in [3.05, 3.63) is 0 Å². The average Bonchev–Trinajstić information content (AvgIpc) is 2.65. The monoisotopic (exact) mass is 498 g/mol. The van der Waals surface area contributed by atoms with Crippen LogP contribution in [0.5, 0.6) is 0 Å². The molecule has 0 aromatic carbocycles. The van der Waals surface area contributed by atoms with Crippen LogP contribution in [0.3, 0.4) is 0 Å². The number of hydrogen-bond acceptors (Lipinski definition) is 8. The SMILES string of the molecule is CCCCOC(=O)C(C(=O)OC1CC(C)(C)N(OC)C(C)(C)C1)C1CC(C)(C)N(OC)C(C)(C)C1. The lowest BCUT2D eigenvalue weighted by atomic mass is 9.70. The number of hydroxylamine groups is 4. The summed E-state index contributed by atoms with van der Waals surface area (Å²) in [5.41, 5.74) is -1.38. The van der Waals surface area contributed by atoms with E-state index in [9.17, 15) is 9.59 Å². The molecular weight excluding hydrogens is 448 g/mol. The second-order valence-electron chi connectivity index (χ2n) is 12.8. The fourth-order valence-corrected chi connectivity index (χ4v) is 6.95. The van der Waals surface area contributed by atoms with Crippen LogP contribution in [0.15, 0.2) is 0 Å². The number of carbonyl (C=O) groups excluding carboxylic acids is 2. The summed E-state index contributed by atoms with van der Waals surface area (Å²) in [7, 11) is 3.35. The second-order valence-corrected chi connectivity index (χ2v) is 12.8. The van der Waals surface area contributed by atoms with Gasteiger partial charge in [-0.15, -0.1) is 0 Å². The van der Waals surface area contributed by atoms with Crippen LogP contribution in [0.4, 0.5) is 0 Å². The summed E-state index contributed by atoms with van der Waals surface area (Å²) < 4.78 is 11.7. The van der Waals surface area contributed by atoms with Crippen molar-refractivity contribution in [2.45, 2.75) is 129 Å². The maximum Gasteiger partial charge on any atom is 0.320 e. The highest BCUT2D eigenvalue weighted by Crippen LogP contribution is 2.45. The first kappa shape index (κ1) is 30.0. The minimum absolute atomic E-state index is 0.215. The largest absolute Gasteiger partial charge is 0.465 e. The molecule has 0 spiro atoms. The van der Waals surface area contributed by atoms with E-state index in [1.807, 2.05) is 17.1 Å². The number of unbranched alkanes of at least 4 members (excludes halogenated alkanes) is 1. The molecule has 0 aromatic rings. The molecule has 1 unspecified atom stereocenters. The summed E-state index contributed by atoms with van der Waals surface area (Å²) in [5.74, 6) is -2.13. The minimum Gasteiger partial charge on any atom is -0.465 e. The fraction of sp³-hybridized carbons (Fsp3) is 0.926. The zero-order chi connectivity index (χ0) is 26.8. The van der Waals surface area contributed by atoms with Crippen LogP contribution in [-0.4, -0.2) is 71.2 Å². The van der Waals surface area contributed by atoms with E-state index in [4.69, 9.17) is 19.1 Å². The van der Waals surface area contributed by atoms with E-state index in [1.54, 1.807) is 14.2 Å². The Morgan fingerprint density at radius 1 is 0.771 bits per heavy atom. The van der Waals surface area contributed by atoms with Crippen LogP contribution in [0.25, 0.3) is 0 Å². The van der Waals surface area contributed by atoms with Crippen LogP contribution >= 0.6 is 0 Å². The first-order valence-corrected chi connectivity index (χ1v) is 13.1. The summed E-state index contributed by atoms with van der Waals surface area (Å²) in [6, 6.07) is 0. The summed E-state index contributed by atoms with van der Waals surface area (Å²) in [6.45, 7) is 19.0. The van der Waals surface area contributed by atoms with Gasteiger partial charge in [0.25, 0.3) is 0 Å². The van der Waals surface area contributed by atoms with Crippen molar-refractivity contribution in [3.63, 3.8) is 0 Å². The number of carbonyl (C=O) groups is 2. The lowest BCUT2D eigenvalue weighted by molar-refractivity contribution is -0.280. The average molecular weight is 499 g/mol. The van der Waals surface area contributed by atoms with Crippen molar-refractivity contribution in [2.75, 3.05) is 20.8 Å². The molecule has 2 rings (SSSR count). The molecule has 204 valence electrons. The molecule has 8 nitrogen and oxygen atoms in total. The predicted molar refractivity (Wildman–Crippen MR) is 135 cm³/mol. The highest BCUT2D eigenvalue weighted by molar-refractivity contribution is 5.95. The molecule has 0 N–H and O–H groups in total. The molecule has 2 heterocycles. The van der Waals surface area contributed by atoms with E-state index in [-0.39, 0.29) is 34.2 Å². The zero-order valence-electron chi connectivity index (χ0n) is 24.0. The Balaban J connectivity index is 2.31. The van der Waals surface area contributed by atoms with Gasteiger partial charge in [-0.05, 0) is 80.6 Å². The number of piperidine rings is 2. The summed E-state index contributed by atoms with van der Waals surface area (Å²) in [5, 5.41) is 3.96. The molecule has 2 saturated heterocycles. The van der Waals surface area contributed by atoms with Crippen molar-refractivity contribution < 1.29 is 28.7 Å². The molecule has 8 heteroatoms. The van der Waals surface area contributed by atoms with Gasteiger partial charge in [-0.3, -0.25) is 9.59 Å². The van der Waals surface area contributed by atoms with Crippen molar-refractivity contribution in [1.82, 2.24) is 10.1 Å². The second kappa shape index (κ2) is 11.0. The molecule has 0 aliphatic carbocycles. The van der Waals surface area contributed by atoms with E-state index >= 15 is 0 Å². The van der Waals surface area contributed by atoms with Gasteiger partial charge in [0.05, 0.1) is 20.8 Å². The first-order chi connectivity index (χ1) is 16.0. The van der Waals surface area contributed by atoms with E-state index in [0.717, 1.165) is 12.8 Å². The van der Waals surface area contributed by atoms with Gasteiger partial charge in [-0.1, -0.05) is 13.3 Å². The quantitative estimate of drug-likeness (QED) is 0.252. The third-order valence-corrected chi connectivity index (χ3v) is 7.55. The van der Waals surface area contributed by atoms with Gasteiger partial charge < -0.3 is 19.1 Å². The molecule has 2 aliphatic rings.